The van der Waals surface area contributed by atoms with E-state index in [2.05, 4.69) is 0 Å². The number of hydrogen-bond donors (Lipinski definition) is 4. The minimum absolute atomic E-state index is 0.185. The molecule has 1 aliphatic carbocycles. The van der Waals surface area contributed by atoms with Gasteiger partial charge in [0.05, 0.1) is 12.2 Å². The Labute approximate surface area is 58.7 Å². The van der Waals surface area contributed by atoms with Crippen LogP contribution in [-0.4, -0.2) is 45.3 Å². The number of aliphatic hydroxyl groups excluding tert-OH is 4. The maximum atomic E-state index is 9.06. The number of rotatable bonds is 1. The SMILES string of the molecule is OC[C@@H]1C[C@H](O)[C@H](O)[C@H]1O. The van der Waals surface area contributed by atoms with Gasteiger partial charge in [0.2, 0.25) is 0 Å². The summed E-state index contributed by atoms with van der Waals surface area (Å²) < 4.78 is 0. The highest BCUT2D eigenvalue weighted by Gasteiger charge is 2.39. The van der Waals surface area contributed by atoms with Gasteiger partial charge < -0.3 is 20.4 Å². The van der Waals surface area contributed by atoms with Crippen molar-refractivity contribution in [1.29, 1.82) is 0 Å². The molecule has 60 valence electrons. The van der Waals surface area contributed by atoms with E-state index in [1.165, 1.54) is 0 Å². The lowest BCUT2D eigenvalue weighted by Gasteiger charge is -2.12. The fraction of sp³-hybridized carbons (Fsp3) is 1.00. The topological polar surface area (TPSA) is 80.9 Å². The zero-order valence-corrected chi connectivity index (χ0v) is 5.51. The van der Waals surface area contributed by atoms with Gasteiger partial charge in [0.25, 0.3) is 0 Å². The van der Waals surface area contributed by atoms with E-state index in [1.54, 1.807) is 0 Å². The van der Waals surface area contributed by atoms with Crippen LogP contribution in [-0.2, 0) is 0 Å². The summed E-state index contributed by atoms with van der Waals surface area (Å²) in [7, 11) is 0. The molecule has 0 spiro atoms. The summed E-state index contributed by atoms with van der Waals surface area (Å²) in [5, 5.41) is 35.6. The van der Waals surface area contributed by atoms with Gasteiger partial charge in [-0.3, -0.25) is 0 Å². The predicted octanol–water partition coefficient (Wildman–Crippen LogP) is -1.92. The molecule has 0 aliphatic heterocycles. The highest BCUT2D eigenvalue weighted by Crippen LogP contribution is 2.25. The van der Waals surface area contributed by atoms with Crippen molar-refractivity contribution in [3.05, 3.63) is 0 Å². The second kappa shape index (κ2) is 2.84. The van der Waals surface area contributed by atoms with Crippen molar-refractivity contribution < 1.29 is 20.4 Å². The fourth-order valence-corrected chi connectivity index (χ4v) is 1.28. The van der Waals surface area contributed by atoms with E-state index in [0.29, 0.717) is 0 Å². The van der Waals surface area contributed by atoms with E-state index in [4.69, 9.17) is 20.4 Å². The normalized spacial score (nSPS) is 48.0. The van der Waals surface area contributed by atoms with Gasteiger partial charge in [0.15, 0.2) is 0 Å². The molecule has 1 rings (SSSR count). The van der Waals surface area contributed by atoms with Crippen molar-refractivity contribution in [2.24, 2.45) is 5.92 Å². The lowest BCUT2D eigenvalue weighted by Crippen LogP contribution is -2.31. The first kappa shape index (κ1) is 7.94. The largest absolute Gasteiger partial charge is 0.396 e. The van der Waals surface area contributed by atoms with Crippen LogP contribution in [0, 0.1) is 5.92 Å². The van der Waals surface area contributed by atoms with E-state index in [-0.39, 0.29) is 18.9 Å². The van der Waals surface area contributed by atoms with Crippen LogP contribution in [0.2, 0.25) is 0 Å². The van der Waals surface area contributed by atoms with Gasteiger partial charge in [-0.25, -0.2) is 0 Å². The van der Waals surface area contributed by atoms with Crippen molar-refractivity contribution in [1.82, 2.24) is 0 Å². The van der Waals surface area contributed by atoms with Crippen LogP contribution in [0.4, 0.5) is 0 Å². The molecule has 1 aliphatic rings. The molecule has 0 unspecified atom stereocenters. The van der Waals surface area contributed by atoms with E-state index in [9.17, 15) is 0 Å². The molecule has 4 heteroatoms. The average molecular weight is 148 g/mol. The third-order valence-corrected chi connectivity index (χ3v) is 2.01. The Balaban J connectivity index is 2.53. The number of hydrogen-bond acceptors (Lipinski definition) is 4. The number of aliphatic hydroxyl groups is 4. The Morgan fingerprint density at radius 1 is 1.10 bits per heavy atom. The first-order chi connectivity index (χ1) is 4.66. The summed E-state index contributed by atoms with van der Waals surface area (Å²) in [6.45, 7) is -0.185. The van der Waals surface area contributed by atoms with Crippen molar-refractivity contribution in [2.45, 2.75) is 24.7 Å². The van der Waals surface area contributed by atoms with Gasteiger partial charge in [-0.15, -0.1) is 0 Å². The van der Waals surface area contributed by atoms with Crippen LogP contribution in [0.25, 0.3) is 0 Å². The lowest BCUT2D eigenvalue weighted by molar-refractivity contribution is -0.0302. The van der Waals surface area contributed by atoms with E-state index >= 15 is 0 Å². The zero-order chi connectivity index (χ0) is 7.72. The molecule has 4 N–H and O–H groups in total. The molecule has 1 saturated carbocycles. The minimum Gasteiger partial charge on any atom is -0.396 e. The molecule has 0 aromatic rings. The Hall–Kier alpha value is -0.160. The van der Waals surface area contributed by atoms with E-state index in [0.717, 1.165) is 0 Å². The lowest BCUT2D eigenvalue weighted by atomic mass is 10.1. The van der Waals surface area contributed by atoms with Crippen molar-refractivity contribution in [2.75, 3.05) is 6.61 Å². The molecule has 0 aromatic carbocycles. The maximum Gasteiger partial charge on any atom is 0.106 e. The summed E-state index contributed by atoms with van der Waals surface area (Å²) >= 11 is 0. The van der Waals surface area contributed by atoms with Gasteiger partial charge in [-0.1, -0.05) is 0 Å². The highest BCUT2D eigenvalue weighted by atomic mass is 16.4. The van der Waals surface area contributed by atoms with Crippen LogP contribution in [0.1, 0.15) is 6.42 Å². The summed E-state index contributed by atoms with van der Waals surface area (Å²) in [6.07, 6.45) is -2.66. The summed E-state index contributed by atoms with van der Waals surface area (Å²) in [5.41, 5.74) is 0. The van der Waals surface area contributed by atoms with E-state index < -0.39 is 18.3 Å². The third-order valence-electron chi connectivity index (χ3n) is 2.01. The average Bonchev–Trinajstić information content (AvgIpc) is 2.17. The van der Waals surface area contributed by atoms with Crippen LogP contribution in [0.3, 0.4) is 0 Å². The Morgan fingerprint density at radius 2 is 1.70 bits per heavy atom. The summed E-state index contributed by atoms with van der Waals surface area (Å²) in [5.74, 6) is -0.370. The van der Waals surface area contributed by atoms with Crippen LogP contribution >= 0.6 is 0 Å². The monoisotopic (exact) mass is 148 g/mol. The molecule has 0 bridgehead atoms. The molecule has 4 atom stereocenters. The molecule has 0 amide bonds. The molecule has 0 heterocycles. The van der Waals surface area contributed by atoms with E-state index in [1.807, 2.05) is 0 Å². The standard InChI is InChI=1S/C6H12O4/c7-2-3-1-4(8)6(10)5(3)9/h3-10H,1-2H2/t3-,4-,5-,6-/m0/s1. The molecule has 4 nitrogen and oxygen atoms in total. The first-order valence-electron chi connectivity index (χ1n) is 3.32. The van der Waals surface area contributed by atoms with Crippen molar-refractivity contribution >= 4 is 0 Å². The van der Waals surface area contributed by atoms with Gasteiger partial charge in [0, 0.05) is 12.5 Å². The Kier molecular flexibility index (Phi) is 2.25. The fourth-order valence-electron chi connectivity index (χ4n) is 1.28. The first-order valence-corrected chi connectivity index (χ1v) is 3.32. The maximum absolute atomic E-state index is 9.06. The van der Waals surface area contributed by atoms with Gasteiger partial charge in [0.1, 0.15) is 6.10 Å². The zero-order valence-electron chi connectivity index (χ0n) is 5.51. The molecular formula is C6H12O4. The Bertz CT molecular complexity index is 116. The molecule has 1 fully saturated rings. The minimum atomic E-state index is -1.09. The molecular weight excluding hydrogens is 136 g/mol. The highest BCUT2D eigenvalue weighted by molar-refractivity contribution is 4.90. The van der Waals surface area contributed by atoms with Crippen LogP contribution in [0.15, 0.2) is 0 Å². The van der Waals surface area contributed by atoms with Gasteiger partial charge >= 0.3 is 0 Å². The summed E-state index contributed by atoms with van der Waals surface area (Å²) in [4.78, 5) is 0. The smallest absolute Gasteiger partial charge is 0.106 e. The summed E-state index contributed by atoms with van der Waals surface area (Å²) in [6, 6.07) is 0. The Morgan fingerprint density at radius 3 is 1.90 bits per heavy atom. The van der Waals surface area contributed by atoms with Gasteiger partial charge in [-0.05, 0) is 6.42 Å². The molecule has 0 radical (unpaired) electrons. The second-order valence-electron chi connectivity index (χ2n) is 2.73. The van der Waals surface area contributed by atoms with Crippen LogP contribution in [0.5, 0.6) is 0 Å². The van der Waals surface area contributed by atoms with Crippen molar-refractivity contribution in [3.8, 4) is 0 Å². The second-order valence-corrected chi connectivity index (χ2v) is 2.73. The quantitative estimate of drug-likeness (QED) is 0.349. The molecule has 0 aromatic heterocycles. The predicted molar refractivity (Wildman–Crippen MR) is 33.2 cm³/mol. The third kappa shape index (κ3) is 1.15. The van der Waals surface area contributed by atoms with Crippen molar-refractivity contribution in [3.63, 3.8) is 0 Å². The molecule has 0 saturated heterocycles. The molecule has 10 heavy (non-hydrogen) atoms. The van der Waals surface area contributed by atoms with Crippen LogP contribution < -0.4 is 0 Å². The van der Waals surface area contributed by atoms with Gasteiger partial charge in [-0.2, -0.15) is 0 Å².